The summed E-state index contributed by atoms with van der Waals surface area (Å²) in [5.41, 5.74) is 3.33. The first-order chi connectivity index (χ1) is 14.3. The Balaban J connectivity index is 1.88. The van der Waals surface area contributed by atoms with Crippen LogP contribution in [0, 0.1) is 5.82 Å². The first-order valence-electron chi connectivity index (χ1n) is 8.62. The van der Waals surface area contributed by atoms with Gasteiger partial charge in [0.15, 0.2) is 12.3 Å². The Kier molecular flexibility index (Phi) is 6.04. The highest BCUT2D eigenvalue weighted by Gasteiger charge is 2.48. The normalized spacial score (nSPS) is 23.3. The van der Waals surface area contributed by atoms with Crippen molar-refractivity contribution in [2.24, 2.45) is 10.7 Å². The summed E-state index contributed by atoms with van der Waals surface area (Å²) in [4.78, 5) is 23.7. The number of nitrogens with one attached hydrogen (secondary N) is 1. The highest BCUT2D eigenvalue weighted by Crippen LogP contribution is 2.39. The molecule has 0 aliphatic carbocycles. The van der Waals surface area contributed by atoms with Crippen molar-refractivity contribution in [2.75, 3.05) is 18.9 Å². The molecule has 0 radical (unpaired) electrons. The van der Waals surface area contributed by atoms with Crippen LogP contribution < -0.4 is 15.8 Å². The molecule has 1 aliphatic rings. The third kappa shape index (κ3) is 4.11. The zero-order valence-corrected chi connectivity index (χ0v) is 15.6. The number of aliphatic imine (C=N–C) groups is 1. The zero-order chi connectivity index (χ0) is 21.9. The van der Waals surface area contributed by atoms with E-state index in [1.807, 2.05) is 0 Å². The Morgan fingerprint density at radius 2 is 2.10 bits per heavy atom. The van der Waals surface area contributed by atoms with E-state index in [9.17, 15) is 22.4 Å². The van der Waals surface area contributed by atoms with E-state index >= 15 is 0 Å². The van der Waals surface area contributed by atoms with Gasteiger partial charge in [-0.3, -0.25) is 4.79 Å². The fourth-order valence-corrected chi connectivity index (χ4v) is 2.96. The van der Waals surface area contributed by atoms with Crippen molar-refractivity contribution in [1.82, 2.24) is 9.97 Å². The summed E-state index contributed by atoms with van der Waals surface area (Å²) in [6, 6.07) is 2.91. The molecular weight excluding hydrogens is 410 g/mol. The fourth-order valence-electron chi connectivity index (χ4n) is 2.96. The van der Waals surface area contributed by atoms with Gasteiger partial charge in [-0.2, -0.15) is 0 Å². The summed E-state index contributed by atoms with van der Waals surface area (Å²) in [5, 5.41) is 2.45. The first-order valence-corrected chi connectivity index (χ1v) is 8.62. The van der Waals surface area contributed by atoms with E-state index in [-0.39, 0.29) is 22.8 Å². The van der Waals surface area contributed by atoms with Gasteiger partial charge in [0.2, 0.25) is 12.7 Å². The van der Waals surface area contributed by atoms with Crippen molar-refractivity contribution in [2.45, 2.75) is 24.7 Å². The Labute approximate surface area is 168 Å². The summed E-state index contributed by atoms with van der Waals surface area (Å²) in [6.07, 6.45) is -1.48. The third-order valence-corrected chi connectivity index (χ3v) is 4.46. The van der Waals surface area contributed by atoms with E-state index in [4.69, 9.17) is 10.5 Å². The van der Waals surface area contributed by atoms with Crippen molar-refractivity contribution in [3.63, 3.8) is 0 Å². The lowest BCUT2D eigenvalue weighted by Gasteiger charge is -2.37. The SMILES string of the molecule is C[C@]1(c2cc(NC(=O)c3cnc(OCF)cn3)ccc2F)N=C(N)O[C@H](CF)[C@@H]1F. The van der Waals surface area contributed by atoms with Crippen molar-refractivity contribution in [3.8, 4) is 5.88 Å². The smallest absolute Gasteiger partial charge is 0.283 e. The van der Waals surface area contributed by atoms with Gasteiger partial charge < -0.3 is 20.5 Å². The van der Waals surface area contributed by atoms with Gasteiger partial charge in [-0.05, 0) is 25.1 Å². The Morgan fingerprint density at radius 3 is 2.73 bits per heavy atom. The van der Waals surface area contributed by atoms with Crippen LogP contribution in [0.1, 0.15) is 23.0 Å². The Hall–Kier alpha value is -3.44. The number of ether oxygens (including phenoxy) is 2. The molecule has 8 nitrogen and oxygen atoms in total. The average molecular weight is 427 g/mol. The van der Waals surface area contributed by atoms with E-state index in [0.29, 0.717) is 0 Å². The standard InChI is InChI=1S/C18H17F4N5O3/c1-18(15(22)13(5-19)30-17(23)27-18)10-4-9(2-3-11(10)21)26-16(28)12-6-25-14(7-24-12)29-8-20/h2-4,6-7,13,15H,5,8H2,1H3,(H2,23,27)(H,26,28)/t13-,15+,18-/m1/s1. The van der Waals surface area contributed by atoms with E-state index < -0.39 is 49.1 Å². The van der Waals surface area contributed by atoms with Gasteiger partial charge in [0, 0.05) is 11.3 Å². The molecule has 12 heteroatoms. The average Bonchev–Trinajstić information content (AvgIpc) is 2.72. The molecule has 1 amide bonds. The maximum absolute atomic E-state index is 14.9. The molecule has 1 aliphatic heterocycles. The lowest BCUT2D eigenvalue weighted by molar-refractivity contribution is 0.00453. The number of halogens is 4. The molecule has 0 bridgehead atoms. The maximum atomic E-state index is 14.9. The van der Waals surface area contributed by atoms with Gasteiger partial charge in [-0.15, -0.1) is 0 Å². The number of nitrogens with two attached hydrogens (primary N) is 1. The van der Waals surface area contributed by atoms with Crippen LogP contribution in [0.25, 0.3) is 0 Å². The van der Waals surface area contributed by atoms with Gasteiger partial charge in [0.05, 0.1) is 12.4 Å². The topological polar surface area (TPSA) is 112 Å². The van der Waals surface area contributed by atoms with Crippen LogP contribution in [0.3, 0.4) is 0 Å². The van der Waals surface area contributed by atoms with E-state index in [1.54, 1.807) is 0 Å². The summed E-state index contributed by atoms with van der Waals surface area (Å²) in [5.74, 6) is -1.66. The molecule has 30 heavy (non-hydrogen) atoms. The second-order valence-electron chi connectivity index (χ2n) is 6.45. The first kappa shape index (κ1) is 21.3. The molecule has 2 heterocycles. The van der Waals surface area contributed by atoms with Gasteiger partial charge in [-0.1, -0.05) is 0 Å². The molecule has 3 rings (SSSR count). The summed E-state index contributed by atoms with van der Waals surface area (Å²) >= 11 is 0. The number of anilines is 1. The molecule has 0 saturated carbocycles. The molecule has 0 saturated heterocycles. The monoisotopic (exact) mass is 427 g/mol. The Morgan fingerprint density at radius 1 is 1.33 bits per heavy atom. The van der Waals surface area contributed by atoms with E-state index in [1.165, 1.54) is 13.0 Å². The molecule has 0 fully saturated rings. The molecule has 3 N–H and O–H groups in total. The minimum atomic E-state index is -2.04. The van der Waals surface area contributed by atoms with E-state index in [0.717, 1.165) is 24.5 Å². The minimum Gasteiger partial charge on any atom is -0.456 e. The van der Waals surface area contributed by atoms with Crippen LogP contribution in [0.5, 0.6) is 5.88 Å². The number of rotatable bonds is 6. The molecule has 0 unspecified atom stereocenters. The molecule has 160 valence electrons. The molecule has 2 aromatic rings. The van der Waals surface area contributed by atoms with Gasteiger partial charge in [0.1, 0.15) is 23.7 Å². The highest BCUT2D eigenvalue weighted by atomic mass is 19.1. The number of amidine groups is 1. The number of alkyl halides is 3. The number of carbonyl (C=O) groups excluding carboxylic acids is 1. The van der Waals surface area contributed by atoms with Gasteiger partial charge in [0.25, 0.3) is 11.9 Å². The summed E-state index contributed by atoms with van der Waals surface area (Å²) in [6.45, 7) is -1.05. The lowest BCUT2D eigenvalue weighted by atomic mass is 9.84. The zero-order valence-electron chi connectivity index (χ0n) is 15.6. The van der Waals surface area contributed by atoms with Crippen LogP contribution in [0.4, 0.5) is 23.2 Å². The van der Waals surface area contributed by atoms with Gasteiger partial charge >= 0.3 is 0 Å². The second kappa shape index (κ2) is 8.51. The largest absolute Gasteiger partial charge is 0.456 e. The summed E-state index contributed by atoms with van der Waals surface area (Å²) in [7, 11) is 0. The quantitative estimate of drug-likeness (QED) is 0.685. The van der Waals surface area contributed by atoms with Crippen molar-refractivity contribution in [3.05, 3.63) is 47.7 Å². The van der Waals surface area contributed by atoms with Crippen LogP contribution in [-0.2, 0) is 10.3 Å². The minimum absolute atomic E-state index is 0.0905. The Bertz CT molecular complexity index is 959. The number of benzene rings is 1. The van der Waals surface area contributed by atoms with Crippen molar-refractivity contribution >= 4 is 17.6 Å². The number of nitrogens with zero attached hydrogens (tertiary/aromatic N) is 3. The third-order valence-electron chi connectivity index (χ3n) is 4.46. The molecular formula is C18H17F4N5O3. The van der Waals surface area contributed by atoms with Crippen LogP contribution in [0.2, 0.25) is 0 Å². The predicted molar refractivity (Wildman–Crippen MR) is 97.7 cm³/mol. The molecule has 1 aromatic heterocycles. The van der Waals surface area contributed by atoms with Crippen molar-refractivity contribution < 1.29 is 31.8 Å². The maximum Gasteiger partial charge on any atom is 0.283 e. The van der Waals surface area contributed by atoms with Gasteiger partial charge in [-0.25, -0.2) is 32.5 Å². The predicted octanol–water partition coefficient (Wildman–Crippen LogP) is 2.41. The van der Waals surface area contributed by atoms with Crippen LogP contribution in [0.15, 0.2) is 35.6 Å². The van der Waals surface area contributed by atoms with Crippen molar-refractivity contribution in [1.29, 1.82) is 0 Å². The van der Waals surface area contributed by atoms with Crippen LogP contribution in [-0.4, -0.2) is 47.7 Å². The number of hydrogen-bond acceptors (Lipinski definition) is 7. The highest BCUT2D eigenvalue weighted by molar-refractivity contribution is 6.02. The number of hydrogen-bond donors (Lipinski definition) is 2. The molecule has 3 atom stereocenters. The molecule has 1 aromatic carbocycles. The fraction of sp³-hybridized carbons (Fsp3) is 0.333. The summed E-state index contributed by atoms with van der Waals surface area (Å²) < 4.78 is 63.9. The van der Waals surface area contributed by atoms with E-state index in [2.05, 4.69) is 25.0 Å². The second-order valence-corrected chi connectivity index (χ2v) is 6.45. The lowest BCUT2D eigenvalue weighted by Crippen LogP contribution is -2.50. The number of amides is 1. The van der Waals surface area contributed by atoms with Crippen LogP contribution >= 0.6 is 0 Å². The number of carbonyl (C=O) groups is 1. The number of aromatic nitrogens is 2. The molecule has 0 spiro atoms.